The van der Waals surface area contributed by atoms with Gasteiger partial charge in [-0.15, -0.1) is 0 Å². The number of piperidine rings is 1. The van der Waals surface area contributed by atoms with Crippen LogP contribution < -0.4 is 0 Å². The number of carbonyl (C=O) groups is 1. The zero-order valence-electron chi connectivity index (χ0n) is 15.5. The van der Waals surface area contributed by atoms with E-state index in [1.807, 2.05) is 25.6 Å². The van der Waals surface area contributed by atoms with Crippen LogP contribution in [0.3, 0.4) is 0 Å². The molecule has 1 amide bonds. The van der Waals surface area contributed by atoms with Gasteiger partial charge in [0.15, 0.2) is 0 Å². The minimum atomic E-state index is -3.13. The van der Waals surface area contributed by atoms with Crippen LogP contribution in [0.2, 0.25) is 0 Å². The number of hydrogen-bond acceptors (Lipinski definition) is 4. The van der Waals surface area contributed by atoms with E-state index in [2.05, 4.69) is 11.7 Å². The normalized spacial score (nSPS) is 16.8. The Balaban J connectivity index is 2.07. The van der Waals surface area contributed by atoms with Crippen LogP contribution in [0.5, 0.6) is 0 Å². The van der Waals surface area contributed by atoms with E-state index in [0.29, 0.717) is 32.1 Å². The molecule has 1 aliphatic rings. The summed E-state index contributed by atoms with van der Waals surface area (Å²) in [6.07, 6.45) is 4.11. The molecule has 0 unspecified atom stereocenters. The van der Waals surface area contributed by atoms with Crippen LogP contribution in [0.15, 0.2) is 12.7 Å². The second kappa shape index (κ2) is 7.70. The highest BCUT2D eigenvalue weighted by atomic mass is 32.2. The number of aryl methyl sites for hydroxylation is 2. The van der Waals surface area contributed by atoms with Crippen molar-refractivity contribution in [2.45, 2.75) is 33.2 Å². The fourth-order valence-corrected chi connectivity index (χ4v) is 4.21. The van der Waals surface area contributed by atoms with Crippen molar-refractivity contribution in [3.05, 3.63) is 29.6 Å². The Morgan fingerprint density at radius 3 is 2.40 bits per heavy atom. The van der Waals surface area contributed by atoms with Gasteiger partial charge in [0.1, 0.15) is 0 Å². The van der Waals surface area contributed by atoms with Crippen LogP contribution in [-0.2, 0) is 28.4 Å². The highest BCUT2D eigenvalue weighted by Gasteiger charge is 2.27. The summed E-state index contributed by atoms with van der Waals surface area (Å²) in [4.78, 5) is 14.1. The predicted molar refractivity (Wildman–Crippen MR) is 97.4 cm³/mol. The van der Waals surface area contributed by atoms with Crippen LogP contribution in [0.1, 0.15) is 29.8 Å². The Kier molecular flexibility index (Phi) is 6.05. The number of nitrogens with zero attached hydrogens (tertiary/aromatic N) is 4. The van der Waals surface area contributed by atoms with Gasteiger partial charge in [-0.25, -0.2) is 12.7 Å². The number of aromatic nitrogens is 2. The Morgan fingerprint density at radius 1 is 1.36 bits per heavy atom. The van der Waals surface area contributed by atoms with Crippen LogP contribution in [0.25, 0.3) is 0 Å². The van der Waals surface area contributed by atoms with Gasteiger partial charge in [0.05, 0.1) is 11.9 Å². The topological polar surface area (TPSA) is 75.5 Å². The summed E-state index contributed by atoms with van der Waals surface area (Å²) in [5, 5.41) is 4.41. The van der Waals surface area contributed by atoms with E-state index >= 15 is 0 Å². The molecule has 1 aromatic rings. The fourth-order valence-electron chi connectivity index (χ4n) is 3.33. The molecule has 1 fully saturated rings. The van der Waals surface area contributed by atoms with Gasteiger partial charge in [0, 0.05) is 44.5 Å². The molecule has 1 saturated heterocycles. The molecule has 8 heteroatoms. The average molecular weight is 369 g/mol. The lowest BCUT2D eigenvalue weighted by Crippen LogP contribution is -2.42. The SMILES string of the molecule is C=CC(=O)N(Cc1c(C)nn(C)c1C)CC1CCN(S(C)(=O)=O)CC1. The molecule has 1 aliphatic heterocycles. The molecule has 2 heterocycles. The van der Waals surface area contributed by atoms with Crippen molar-refractivity contribution < 1.29 is 13.2 Å². The first-order valence-electron chi connectivity index (χ1n) is 8.49. The third-order valence-corrected chi connectivity index (χ3v) is 6.32. The van der Waals surface area contributed by atoms with E-state index in [1.54, 1.807) is 4.90 Å². The Hall–Kier alpha value is -1.67. The number of carbonyl (C=O) groups excluding carboxylic acids is 1. The Morgan fingerprint density at radius 2 is 1.96 bits per heavy atom. The molecule has 0 radical (unpaired) electrons. The van der Waals surface area contributed by atoms with Gasteiger partial charge in [0.25, 0.3) is 0 Å². The molecule has 0 atom stereocenters. The molecule has 140 valence electrons. The van der Waals surface area contributed by atoms with E-state index < -0.39 is 10.0 Å². The van der Waals surface area contributed by atoms with Crippen LogP contribution in [-0.4, -0.2) is 59.2 Å². The first-order valence-corrected chi connectivity index (χ1v) is 10.3. The summed E-state index contributed by atoms with van der Waals surface area (Å²) in [6.45, 7) is 9.70. The molecular formula is C17H28N4O3S. The smallest absolute Gasteiger partial charge is 0.246 e. The van der Waals surface area contributed by atoms with Gasteiger partial charge < -0.3 is 4.90 Å². The minimum Gasteiger partial charge on any atom is -0.334 e. The molecular weight excluding hydrogens is 340 g/mol. The maximum atomic E-state index is 12.3. The molecule has 0 aliphatic carbocycles. The third kappa shape index (κ3) is 4.70. The van der Waals surface area contributed by atoms with E-state index in [0.717, 1.165) is 29.8 Å². The summed E-state index contributed by atoms with van der Waals surface area (Å²) in [5.41, 5.74) is 3.03. The Bertz CT molecular complexity index is 746. The summed E-state index contributed by atoms with van der Waals surface area (Å²) < 4.78 is 26.6. The molecule has 2 rings (SSSR count). The largest absolute Gasteiger partial charge is 0.334 e. The molecule has 1 aromatic heterocycles. The maximum Gasteiger partial charge on any atom is 0.246 e. The van der Waals surface area contributed by atoms with E-state index in [4.69, 9.17) is 0 Å². The molecule has 0 saturated carbocycles. The lowest BCUT2D eigenvalue weighted by molar-refractivity contribution is -0.127. The van der Waals surface area contributed by atoms with Crippen molar-refractivity contribution in [2.75, 3.05) is 25.9 Å². The number of amides is 1. The minimum absolute atomic E-state index is 0.104. The number of sulfonamides is 1. The number of rotatable bonds is 6. The Labute approximate surface area is 150 Å². The van der Waals surface area contributed by atoms with E-state index in [9.17, 15) is 13.2 Å². The second-order valence-electron chi connectivity index (χ2n) is 6.80. The zero-order valence-corrected chi connectivity index (χ0v) is 16.3. The molecule has 0 spiro atoms. The van der Waals surface area contributed by atoms with Crippen LogP contribution >= 0.6 is 0 Å². The quantitative estimate of drug-likeness (QED) is 0.708. The molecule has 0 N–H and O–H groups in total. The van der Waals surface area contributed by atoms with E-state index in [-0.39, 0.29) is 5.91 Å². The monoisotopic (exact) mass is 368 g/mol. The van der Waals surface area contributed by atoms with Gasteiger partial charge in [-0.2, -0.15) is 5.10 Å². The lowest BCUT2D eigenvalue weighted by Gasteiger charge is -2.33. The maximum absolute atomic E-state index is 12.3. The summed E-state index contributed by atoms with van der Waals surface area (Å²) >= 11 is 0. The highest BCUT2D eigenvalue weighted by Crippen LogP contribution is 2.22. The van der Waals surface area contributed by atoms with Crippen molar-refractivity contribution in [3.8, 4) is 0 Å². The first-order chi connectivity index (χ1) is 11.6. The highest BCUT2D eigenvalue weighted by molar-refractivity contribution is 7.88. The van der Waals surface area contributed by atoms with Gasteiger partial charge in [-0.1, -0.05) is 6.58 Å². The van der Waals surface area contributed by atoms with Crippen LogP contribution in [0, 0.1) is 19.8 Å². The molecule has 0 aromatic carbocycles. The zero-order chi connectivity index (χ0) is 18.8. The number of hydrogen-bond donors (Lipinski definition) is 0. The fraction of sp³-hybridized carbons (Fsp3) is 0.647. The van der Waals surface area contributed by atoms with Crippen molar-refractivity contribution in [1.82, 2.24) is 19.0 Å². The third-order valence-electron chi connectivity index (χ3n) is 5.02. The van der Waals surface area contributed by atoms with Gasteiger partial charge >= 0.3 is 0 Å². The molecule has 0 bridgehead atoms. The lowest BCUT2D eigenvalue weighted by atomic mass is 9.97. The summed E-state index contributed by atoms with van der Waals surface area (Å²) in [6, 6.07) is 0. The van der Waals surface area contributed by atoms with Crippen molar-refractivity contribution in [2.24, 2.45) is 13.0 Å². The van der Waals surface area contributed by atoms with E-state index in [1.165, 1.54) is 16.6 Å². The van der Waals surface area contributed by atoms with Gasteiger partial charge in [0.2, 0.25) is 15.9 Å². The van der Waals surface area contributed by atoms with Crippen molar-refractivity contribution in [3.63, 3.8) is 0 Å². The second-order valence-corrected chi connectivity index (χ2v) is 8.78. The summed E-state index contributed by atoms with van der Waals surface area (Å²) in [5.74, 6) is 0.187. The van der Waals surface area contributed by atoms with Gasteiger partial charge in [-0.3, -0.25) is 9.48 Å². The van der Waals surface area contributed by atoms with Gasteiger partial charge in [-0.05, 0) is 38.7 Å². The standard InChI is InChI=1S/C17H28N4O3S/c1-6-17(22)20(12-16-13(2)18-19(4)14(16)3)11-15-7-9-21(10-8-15)25(5,23)24/h6,15H,1,7-12H2,2-5H3. The summed E-state index contributed by atoms with van der Waals surface area (Å²) in [7, 11) is -1.23. The van der Waals surface area contributed by atoms with Crippen molar-refractivity contribution >= 4 is 15.9 Å². The average Bonchev–Trinajstić information content (AvgIpc) is 2.79. The van der Waals surface area contributed by atoms with Crippen molar-refractivity contribution in [1.29, 1.82) is 0 Å². The predicted octanol–water partition coefficient (Wildman–Crippen LogP) is 1.22. The van der Waals surface area contributed by atoms with Crippen LogP contribution in [0.4, 0.5) is 0 Å². The molecule has 7 nitrogen and oxygen atoms in total. The first kappa shape index (κ1) is 19.7. The molecule has 25 heavy (non-hydrogen) atoms.